The van der Waals surface area contributed by atoms with Crippen LogP contribution in [0.5, 0.6) is 17.2 Å². The summed E-state index contributed by atoms with van der Waals surface area (Å²) < 4.78 is 16.1. The minimum atomic E-state index is 0.346. The largest absolute Gasteiger partial charge is 0.493 e. The highest BCUT2D eigenvalue weighted by atomic mass is 16.5. The minimum absolute atomic E-state index is 0.346. The van der Waals surface area contributed by atoms with Gasteiger partial charge in [-0.05, 0) is 30.2 Å². The molecule has 1 aromatic carbocycles. The fourth-order valence-electron chi connectivity index (χ4n) is 2.10. The van der Waals surface area contributed by atoms with Crippen molar-refractivity contribution in [3.63, 3.8) is 0 Å². The molecule has 0 bridgehead atoms. The van der Waals surface area contributed by atoms with E-state index in [0.29, 0.717) is 23.2 Å². The summed E-state index contributed by atoms with van der Waals surface area (Å²) in [4.78, 5) is 0. The molecule has 0 fully saturated rings. The van der Waals surface area contributed by atoms with Crippen LogP contribution < -0.4 is 14.2 Å². The average molecular weight is 288 g/mol. The van der Waals surface area contributed by atoms with Crippen molar-refractivity contribution < 1.29 is 14.2 Å². The van der Waals surface area contributed by atoms with E-state index in [-0.39, 0.29) is 0 Å². The van der Waals surface area contributed by atoms with Crippen molar-refractivity contribution >= 4 is 0 Å². The van der Waals surface area contributed by atoms with Gasteiger partial charge in [0.25, 0.3) is 0 Å². The molecule has 0 radical (unpaired) electrons. The van der Waals surface area contributed by atoms with Crippen molar-refractivity contribution in [3.05, 3.63) is 30.0 Å². The number of methoxy groups -OCH3 is 3. The smallest absolute Gasteiger partial charge is 0.203 e. The van der Waals surface area contributed by atoms with Crippen LogP contribution in [-0.4, -0.2) is 31.5 Å². The maximum atomic E-state index is 5.47. The number of hydrogen-bond acceptors (Lipinski definition) is 5. The van der Waals surface area contributed by atoms with E-state index >= 15 is 0 Å². The molecule has 0 spiro atoms. The summed E-state index contributed by atoms with van der Waals surface area (Å²) in [6.07, 6.45) is 0. The van der Waals surface area contributed by atoms with Crippen LogP contribution in [0.3, 0.4) is 0 Å². The molecule has 0 amide bonds. The van der Waals surface area contributed by atoms with Gasteiger partial charge in [0.15, 0.2) is 11.5 Å². The lowest BCUT2D eigenvalue weighted by Crippen LogP contribution is -2.00. The Balaban J connectivity index is 2.53. The first-order valence-electron chi connectivity index (χ1n) is 6.75. The van der Waals surface area contributed by atoms with Crippen molar-refractivity contribution in [2.24, 2.45) is 0 Å². The molecule has 0 aliphatic carbocycles. The van der Waals surface area contributed by atoms with Gasteiger partial charge in [-0.25, -0.2) is 0 Å². The van der Waals surface area contributed by atoms with Crippen molar-refractivity contribution in [2.75, 3.05) is 21.3 Å². The molecule has 2 aromatic rings. The lowest BCUT2D eigenvalue weighted by molar-refractivity contribution is 0.325. The Hall–Kier alpha value is -2.30. The summed E-state index contributed by atoms with van der Waals surface area (Å²) in [7, 11) is 4.77. The van der Waals surface area contributed by atoms with Gasteiger partial charge in [0.1, 0.15) is 0 Å². The van der Waals surface area contributed by atoms with E-state index in [0.717, 1.165) is 17.0 Å². The second kappa shape index (κ2) is 6.43. The average Bonchev–Trinajstić information content (AvgIpc) is 2.53. The SMILES string of the molecule is COc1ccc(-c2ccc(C(C)C)nn2)c(OC)c1OC. The van der Waals surface area contributed by atoms with Gasteiger partial charge in [0.05, 0.1) is 32.7 Å². The van der Waals surface area contributed by atoms with E-state index in [4.69, 9.17) is 14.2 Å². The summed E-state index contributed by atoms with van der Waals surface area (Å²) in [6, 6.07) is 7.63. The summed E-state index contributed by atoms with van der Waals surface area (Å²) in [5.41, 5.74) is 2.51. The first-order valence-corrected chi connectivity index (χ1v) is 6.75. The van der Waals surface area contributed by atoms with Gasteiger partial charge >= 0.3 is 0 Å². The van der Waals surface area contributed by atoms with Crippen molar-refractivity contribution in [2.45, 2.75) is 19.8 Å². The minimum Gasteiger partial charge on any atom is -0.493 e. The van der Waals surface area contributed by atoms with Crippen LogP contribution in [0.1, 0.15) is 25.5 Å². The molecule has 112 valence electrons. The van der Waals surface area contributed by atoms with E-state index in [1.54, 1.807) is 21.3 Å². The lowest BCUT2D eigenvalue weighted by atomic mass is 10.1. The summed E-state index contributed by atoms with van der Waals surface area (Å²) in [6.45, 7) is 4.17. The van der Waals surface area contributed by atoms with E-state index in [1.807, 2.05) is 24.3 Å². The van der Waals surface area contributed by atoms with E-state index in [9.17, 15) is 0 Å². The van der Waals surface area contributed by atoms with E-state index in [1.165, 1.54) is 0 Å². The van der Waals surface area contributed by atoms with E-state index < -0.39 is 0 Å². The fourth-order valence-corrected chi connectivity index (χ4v) is 2.10. The highest BCUT2D eigenvalue weighted by Gasteiger charge is 2.18. The number of hydrogen-bond donors (Lipinski definition) is 0. The molecule has 0 saturated heterocycles. The Morgan fingerprint density at radius 1 is 0.810 bits per heavy atom. The van der Waals surface area contributed by atoms with Gasteiger partial charge in [-0.15, -0.1) is 0 Å². The first kappa shape index (κ1) is 15.1. The van der Waals surface area contributed by atoms with Gasteiger partial charge in [-0.2, -0.15) is 10.2 Å². The molecule has 2 rings (SSSR count). The van der Waals surface area contributed by atoms with Crippen LogP contribution in [-0.2, 0) is 0 Å². The molecular weight excluding hydrogens is 268 g/mol. The van der Waals surface area contributed by atoms with Gasteiger partial charge in [0.2, 0.25) is 5.75 Å². The summed E-state index contributed by atoms with van der Waals surface area (Å²) in [5, 5.41) is 8.53. The van der Waals surface area contributed by atoms with Crippen LogP contribution in [0.25, 0.3) is 11.3 Å². The molecule has 1 aromatic heterocycles. The predicted octanol–water partition coefficient (Wildman–Crippen LogP) is 3.29. The highest BCUT2D eigenvalue weighted by Crippen LogP contribution is 2.43. The molecule has 0 atom stereocenters. The Morgan fingerprint density at radius 2 is 1.52 bits per heavy atom. The van der Waals surface area contributed by atoms with Crippen LogP contribution in [0.4, 0.5) is 0 Å². The third-order valence-corrected chi connectivity index (χ3v) is 3.26. The molecular formula is C16H20N2O3. The number of benzene rings is 1. The zero-order valence-electron chi connectivity index (χ0n) is 13.0. The molecule has 0 aliphatic heterocycles. The second-order valence-corrected chi connectivity index (χ2v) is 4.88. The van der Waals surface area contributed by atoms with Gasteiger partial charge in [0, 0.05) is 5.56 Å². The second-order valence-electron chi connectivity index (χ2n) is 4.88. The Kier molecular flexibility index (Phi) is 4.62. The number of rotatable bonds is 5. The van der Waals surface area contributed by atoms with Crippen LogP contribution in [0, 0.1) is 0 Å². The molecule has 21 heavy (non-hydrogen) atoms. The number of aromatic nitrogens is 2. The van der Waals surface area contributed by atoms with Crippen LogP contribution in [0.2, 0.25) is 0 Å². The van der Waals surface area contributed by atoms with Crippen molar-refractivity contribution in [3.8, 4) is 28.5 Å². The molecule has 0 unspecified atom stereocenters. The molecule has 0 aliphatic rings. The van der Waals surface area contributed by atoms with E-state index in [2.05, 4.69) is 24.0 Å². The van der Waals surface area contributed by atoms with Crippen LogP contribution >= 0.6 is 0 Å². The quantitative estimate of drug-likeness (QED) is 0.845. The zero-order chi connectivity index (χ0) is 15.4. The highest BCUT2D eigenvalue weighted by molar-refractivity contribution is 5.73. The molecule has 0 saturated carbocycles. The Labute approximate surface area is 124 Å². The Bertz CT molecular complexity index is 610. The zero-order valence-corrected chi connectivity index (χ0v) is 13.0. The Morgan fingerprint density at radius 3 is 2.00 bits per heavy atom. The normalized spacial score (nSPS) is 10.6. The van der Waals surface area contributed by atoms with Crippen LogP contribution in [0.15, 0.2) is 24.3 Å². The maximum Gasteiger partial charge on any atom is 0.203 e. The first-order chi connectivity index (χ1) is 10.1. The monoisotopic (exact) mass is 288 g/mol. The molecule has 5 heteroatoms. The summed E-state index contributed by atoms with van der Waals surface area (Å²) >= 11 is 0. The topological polar surface area (TPSA) is 53.5 Å². The lowest BCUT2D eigenvalue weighted by Gasteiger charge is -2.15. The summed E-state index contributed by atoms with van der Waals surface area (Å²) in [5.74, 6) is 2.10. The third-order valence-electron chi connectivity index (χ3n) is 3.26. The third kappa shape index (κ3) is 2.91. The maximum absolute atomic E-state index is 5.47. The fraction of sp³-hybridized carbons (Fsp3) is 0.375. The molecule has 0 N–H and O–H groups in total. The standard InChI is InChI=1S/C16H20N2O3/c1-10(2)12-7-8-13(18-17-12)11-6-9-14(19-3)16(21-5)15(11)20-4/h6-10H,1-5H3. The van der Waals surface area contributed by atoms with Gasteiger partial charge < -0.3 is 14.2 Å². The molecule has 1 heterocycles. The van der Waals surface area contributed by atoms with Gasteiger partial charge in [-0.1, -0.05) is 13.8 Å². The number of nitrogens with zero attached hydrogens (tertiary/aromatic N) is 2. The molecule has 5 nitrogen and oxygen atoms in total. The predicted molar refractivity (Wildman–Crippen MR) is 81.2 cm³/mol. The van der Waals surface area contributed by atoms with Gasteiger partial charge in [-0.3, -0.25) is 0 Å². The number of ether oxygens (including phenoxy) is 3. The van der Waals surface area contributed by atoms with Crippen molar-refractivity contribution in [1.82, 2.24) is 10.2 Å². The van der Waals surface area contributed by atoms with Crippen molar-refractivity contribution in [1.29, 1.82) is 0 Å².